The van der Waals surface area contributed by atoms with Crippen molar-refractivity contribution in [2.24, 2.45) is 5.92 Å². The molecule has 3 aliphatic rings. The van der Waals surface area contributed by atoms with Crippen molar-refractivity contribution in [3.8, 4) is 0 Å². The van der Waals surface area contributed by atoms with E-state index >= 15 is 0 Å². The number of benzene rings is 6. The lowest BCUT2D eigenvalue weighted by atomic mass is 9.79. The molecule has 1 atom stereocenters. The Bertz CT molecular complexity index is 4220. The maximum absolute atomic E-state index is 14.7. The molecule has 89 heavy (non-hydrogen) atoms. The van der Waals surface area contributed by atoms with E-state index in [1.165, 1.54) is 34.6 Å². The monoisotopic (exact) mass is 1310 g/mol. The number of carbonyl (C=O) groups is 1. The largest absolute Gasteiger partial charge is 0.344 e. The molecule has 20 nitrogen and oxygen atoms in total. The van der Waals surface area contributed by atoms with Crippen LogP contribution >= 0.6 is 12.0 Å². The Kier molecular flexibility index (Phi) is 21.0. The van der Waals surface area contributed by atoms with Gasteiger partial charge < -0.3 is 9.80 Å². The summed E-state index contributed by atoms with van der Waals surface area (Å²) in [5, 5.41) is 13.8. The van der Waals surface area contributed by atoms with Crippen LogP contribution in [0.1, 0.15) is 82.1 Å². The lowest BCUT2D eigenvalue weighted by Crippen LogP contribution is -2.37. The highest BCUT2D eigenvalue weighted by Crippen LogP contribution is 2.52. The van der Waals surface area contributed by atoms with Crippen LogP contribution in [0, 0.1) is 5.92 Å². The SMILES string of the molecule is CN(CCCC(=O)N1CCN(Cc2ccccc2)CC(CCc2ccccc2)C1)S(=O)(=O)c1cccc2c3c(ccc12)N(CCCS(=O)(=O)O)C(=CC=CC=CC1=[N+](CCCSOOO)c2ccc4c(S(=O)(=O)O)cc(S(=O)(=O)O)cc4c2C1(C)C)C3(C)C. The minimum Gasteiger partial charge on any atom is -0.344 e. The molecule has 6 aromatic carbocycles. The minimum atomic E-state index is -4.98. The molecule has 1 unspecified atom stereocenters. The summed E-state index contributed by atoms with van der Waals surface area (Å²) in [6, 6.07) is 34.5. The number of allylic oxidation sites excluding steroid dienone is 6. The van der Waals surface area contributed by atoms with Gasteiger partial charge in [-0.15, -0.1) is 4.33 Å². The molecular formula is C64H76N5O15S5+. The first-order valence-corrected chi connectivity index (χ1v) is 36.1. The molecule has 6 aromatic rings. The first-order valence-electron chi connectivity index (χ1n) is 29.3. The summed E-state index contributed by atoms with van der Waals surface area (Å²) in [5.74, 6) is 0.105. The van der Waals surface area contributed by atoms with Crippen LogP contribution in [-0.4, -0.2) is 147 Å². The number of amides is 1. The normalized spacial score (nSPS) is 17.9. The van der Waals surface area contributed by atoms with E-state index < -0.39 is 66.8 Å². The highest BCUT2D eigenvalue weighted by molar-refractivity contribution is 7.94. The van der Waals surface area contributed by atoms with Crippen molar-refractivity contribution < 1.29 is 71.3 Å². The van der Waals surface area contributed by atoms with Crippen molar-refractivity contribution >= 4 is 97.0 Å². The molecule has 3 aliphatic heterocycles. The average molecular weight is 1320 g/mol. The molecule has 0 radical (unpaired) electrons. The number of hydrogen-bond donors (Lipinski definition) is 4. The molecule has 1 fully saturated rings. The van der Waals surface area contributed by atoms with Crippen LogP contribution in [0.3, 0.4) is 0 Å². The molecule has 0 saturated carbocycles. The van der Waals surface area contributed by atoms with Crippen LogP contribution in [0.4, 0.5) is 11.4 Å². The molecule has 9 rings (SSSR count). The van der Waals surface area contributed by atoms with E-state index in [0.29, 0.717) is 72.0 Å². The van der Waals surface area contributed by atoms with E-state index in [-0.39, 0.29) is 53.4 Å². The molecule has 0 spiro atoms. The third-order valence-corrected chi connectivity index (χ3v) is 22.1. The van der Waals surface area contributed by atoms with Crippen LogP contribution in [0.2, 0.25) is 0 Å². The van der Waals surface area contributed by atoms with Crippen LogP contribution in [0.15, 0.2) is 166 Å². The Morgan fingerprint density at radius 1 is 0.719 bits per heavy atom. The van der Waals surface area contributed by atoms with Crippen LogP contribution in [0.5, 0.6) is 0 Å². The van der Waals surface area contributed by atoms with Crippen molar-refractivity contribution in [1.82, 2.24) is 14.1 Å². The quantitative estimate of drug-likeness (QED) is 0.00748. The van der Waals surface area contributed by atoms with Gasteiger partial charge in [0.15, 0.2) is 5.71 Å². The first-order chi connectivity index (χ1) is 42.1. The van der Waals surface area contributed by atoms with Gasteiger partial charge >= 0.3 is 0 Å². The summed E-state index contributed by atoms with van der Waals surface area (Å²) in [6.45, 7) is 11.9. The first kappa shape index (κ1) is 67.2. The zero-order valence-corrected chi connectivity index (χ0v) is 54.4. The van der Waals surface area contributed by atoms with Crippen molar-refractivity contribution in [1.29, 1.82) is 0 Å². The molecule has 4 N–H and O–H groups in total. The van der Waals surface area contributed by atoms with Gasteiger partial charge in [0.1, 0.15) is 11.4 Å². The Labute approximate surface area is 526 Å². The molecule has 3 heterocycles. The van der Waals surface area contributed by atoms with Crippen LogP contribution < -0.4 is 4.90 Å². The number of sulfonamides is 1. The molecular weight excluding hydrogens is 1240 g/mol. The Balaban J connectivity index is 0.962. The van der Waals surface area contributed by atoms with Gasteiger partial charge in [0.25, 0.3) is 30.4 Å². The molecule has 0 aromatic heterocycles. The number of hydrogen-bond acceptors (Lipinski definition) is 15. The summed E-state index contributed by atoms with van der Waals surface area (Å²) < 4.78 is 142. The molecule has 0 bridgehead atoms. The van der Waals surface area contributed by atoms with Crippen LogP contribution in [-0.2, 0) is 78.3 Å². The average Bonchev–Trinajstić information content (AvgIpc) is 1.63. The second-order valence-electron chi connectivity index (χ2n) is 23.8. The number of carbonyl (C=O) groups excluding carboxylic acids is 1. The van der Waals surface area contributed by atoms with Crippen molar-refractivity contribution in [3.63, 3.8) is 0 Å². The summed E-state index contributed by atoms with van der Waals surface area (Å²) in [5.41, 5.74) is 4.79. The Morgan fingerprint density at radius 3 is 2.10 bits per heavy atom. The maximum atomic E-state index is 14.7. The number of rotatable bonds is 26. The third-order valence-electron chi connectivity index (χ3n) is 17.0. The zero-order valence-electron chi connectivity index (χ0n) is 50.3. The number of nitrogens with zero attached hydrogens (tertiary/aromatic N) is 5. The van der Waals surface area contributed by atoms with E-state index in [1.54, 1.807) is 42.5 Å². The topological polar surface area (TPSA) is 269 Å². The molecule has 1 amide bonds. The lowest BCUT2D eigenvalue weighted by Gasteiger charge is -2.27. The number of fused-ring (bicyclic) bond motifs is 6. The highest BCUT2D eigenvalue weighted by atomic mass is 32.2. The molecule has 476 valence electrons. The number of anilines is 1. The van der Waals surface area contributed by atoms with Gasteiger partial charge in [0, 0.05) is 129 Å². The van der Waals surface area contributed by atoms with E-state index in [9.17, 15) is 52.1 Å². The predicted molar refractivity (Wildman–Crippen MR) is 346 cm³/mol. The molecule has 0 aliphatic carbocycles. The third kappa shape index (κ3) is 15.4. The van der Waals surface area contributed by atoms with E-state index in [1.807, 2.05) is 103 Å². The second-order valence-corrected chi connectivity index (χ2v) is 31.0. The van der Waals surface area contributed by atoms with Gasteiger partial charge in [-0.3, -0.25) is 23.4 Å². The molecule has 1 saturated heterocycles. The fraction of sp³-hybridized carbons (Fsp3) is 0.375. The summed E-state index contributed by atoms with van der Waals surface area (Å²) in [7, 11) is -16.8. The van der Waals surface area contributed by atoms with Crippen molar-refractivity contribution in [2.45, 2.75) is 98.3 Å². The van der Waals surface area contributed by atoms with Gasteiger partial charge in [0.05, 0.1) is 21.0 Å². The lowest BCUT2D eigenvalue weighted by molar-refractivity contribution is -0.438. The van der Waals surface area contributed by atoms with E-state index in [2.05, 4.69) is 38.5 Å². The smallest absolute Gasteiger partial charge is 0.295 e. The fourth-order valence-electron chi connectivity index (χ4n) is 12.9. The Morgan fingerprint density at radius 2 is 1.42 bits per heavy atom. The van der Waals surface area contributed by atoms with Crippen LogP contribution in [0.25, 0.3) is 21.5 Å². The summed E-state index contributed by atoms with van der Waals surface area (Å²) >= 11 is 0.861. The van der Waals surface area contributed by atoms with Gasteiger partial charge in [-0.2, -0.15) is 29.8 Å². The van der Waals surface area contributed by atoms with Gasteiger partial charge in [-0.05, 0) is 109 Å². The maximum Gasteiger partial charge on any atom is 0.295 e. The summed E-state index contributed by atoms with van der Waals surface area (Å²) in [4.78, 5) is 19.1. The number of aryl methyl sites for hydroxylation is 1. The van der Waals surface area contributed by atoms with Gasteiger partial charge in [0.2, 0.25) is 21.6 Å². The highest BCUT2D eigenvalue weighted by Gasteiger charge is 2.47. The Hall–Kier alpha value is -6.17. The van der Waals surface area contributed by atoms with E-state index in [4.69, 9.17) is 5.26 Å². The molecule has 25 heteroatoms. The van der Waals surface area contributed by atoms with Crippen molar-refractivity contribution in [3.05, 3.63) is 174 Å². The van der Waals surface area contributed by atoms with Gasteiger partial charge in [-0.1, -0.05) is 116 Å². The summed E-state index contributed by atoms with van der Waals surface area (Å²) in [6.07, 6.45) is 12.0. The minimum absolute atomic E-state index is 0.00412. The van der Waals surface area contributed by atoms with Gasteiger partial charge in [-0.25, -0.2) is 18.0 Å². The predicted octanol–water partition coefficient (Wildman–Crippen LogP) is 10.4. The fourth-order valence-corrected chi connectivity index (χ4v) is 16.5. The standard InChI is InChI=1S/C64H75N5O15S5/c1-63(2)58(25-13-8-14-26-59-64(3,4)62-53-41-49(88(77,78)79)42-57(89(80,81)82)51(53)31-33-55(62)68(59)35-17-39-85-84-83-71)69(36-18-40-86(72,73)74)54-32-30-50-52(61(54)63)23-15-24-56(50)87(75,76)65(5)34-16-27-60(70)67-38-37-66(43-47-21-11-7-12-22-47)44-48(45-67)29-28-46-19-9-6-10-20-46/h6-15,19-26,30-33,41-42,48H,16-18,27-29,34-40,43-45H2,1-5H3,(H3-,71,72,73,74,77,78,79,80,81,82)/p+1. The van der Waals surface area contributed by atoms with E-state index in [0.717, 1.165) is 61.5 Å². The second kappa shape index (κ2) is 27.7. The zero-order chi connectivity index (χ0) is 64.1. The van der Waals surface area contributed by atoms with Crippen molar-refractivity contribution in [2.75, 3.05) is 69.3 Å².